The van der Waals surface area contributed by atoms with Gasteiger partial charge in [0, 0.05) is 5.69 Å². The number of rotatable bonds is 7. The summed E-state index contributed by atoms with van der Waals surface area (Å²) in [6.45, 7) is -0.0110. The van der Waals surface area contributed by atoms with Crippen molar-refractivity contribution in [3.63, 3.8) is 0 Å². The minimum absolute atomic E-state index is 0.196. The van der Waals surface area contributed by atoms with Crippen LogP contribution < -0.4 is 10.1 Å². The first-order valence-corrected chi connectivity index (χ1v) is 12.7. The summed E-state index contributed by atoms with van der Waals surface area (Å²) in [5, 5.41) is 4.77. The molecular weight excluding hydrogens is 508 g/mol. The molecule has 1 saturated heterocycles. The number of ether oxygens (including phenoxy) is 1. The van der Waals surface area contributed by atoms with Crippen LogP contribution in [-0.2, 0) is 16.1 Å². The average Bonchev–Trinajstić information content (AvgIpc) is 3.16. The van der Waals surface area contributed by atoms with Crippen LogP contribution in [0.2, 0.25) is 5.02 Å². The molecule has 1 fully saturated rings. The van der Waals surface area contributed by atoms with Gasteiger partial charge in [-0.05, 0) is 64.0 Å². The van der Waals surface area contributed by atoms with Gasteiger partial charge in [0.25, 0.3) is 17.1 Å². The summed E-state index contributed by atoms with van der Waals surface area (Å²) in [4.78, 5) is 39.4. The average molecular weight is 529 g/mol. The van der Waals surface area contributed by atoms with Crippen molar-refractivity contribution in [1.29, 1.82) is 0 Å². The topological polar surface area (TPSA) is 75.7 Å². The fourth-order valence-electron chi connectivity index (χ4n) is 3.97. The molecule has 0 aliphatic carbocycles. The summed E-state index contributed by atoms with van der Waals surface area (Å²) in [5.74, 6) is -0.325. The predicted molar refractivity (Wildman–Crippen MR) is 147 cm³/mol. The van der Waals surface area contributed by atoms with Crippen molar-refractivity contribution in [3.8, 4) is 5.75 Å². The maximum Gasteiger partial charge on any atom is 0.293 e. The highest BCUT2D eigenvalue weighted by Gasteiger charge is 2.35. The van der Waals surface area contributed by atoms with Crippen molar-refractivity contribution < 1.29 is 19.1 Å². The molecule has 0 radical (unpaired) electrons. The molecule has 0 saturated carbocycles. The molecule has 5 rings (SSSR count). The zero-order valence-corrected chi connectivity index (χ0v) is 21.1. The molecule has 0 unspecified atom stereocenters. The highest BCUT2D eigenvalue weighted by atomic mass is 35.5. The van der Waals surface area contributed by atoms with Gasteiger partial charge in [0.15, 0.2) is 6.61 Å². The van der Waals surface area contributed by atoms with Crippen LogP contribution in [0.1, 0.15) is 11.1 Å². The molecule has 6 nitrogen and oxygen atoms in total. The number of nitrogens with one attached hydrogen (secondary N) is 1. The SMILES string of the molecule is O=C(COc1ccc(/C=C2\SC(=O)N(Cc3cccc4ccccc34)C2=O)cc1Cl)Nc1ccccc1. The third kappa shape index (κ3) is 5.69. The van der Waals surface area contributed by atoms with Gasteiger partial charge >= 0.3 is 0 Å². The van der Waals surface area contributed by atoms with Gasteiger partial charge in [0.05, 0.1) is 16.5 Å². The molecule has 1 N–H and O–H groups in total. The van der Waals surface area contributed by atoms with Crippen LogP contribution in [0.3, 0.4) is 0 Å². The van der Waals surface area contributed by atoms with E-state index in [9.17, 15) is 14.4 Å². The number of anilines is 1. The zero-order chi connectivity index (χ0) is 25.8. The summed E-state index contributed by atoms with van der Waals surface area (Å²) < 4.78 is 5.55. The monoisotopic (exact) mass is 528 g/mol. The normalized spacial score (nSPS) is 14.4. The Hall–Kier alpha value is -4.07. The number of nitrogens with zero attached hydrogens (tertiary/aromatic N) is 1. The molecule has 3 amide bonds. The van der Waals surface area contributed by atoms with E-state index in [2.05, 4.69) is 5.32 Å². The van der Waals surface area contributed by atoms with Crippen molar-refractivity contribution in [2.75, 3.05) is 11.9 Å². The van der Waals surface area contributed by atoms with Crippen LogP contribution in [0.15, 0.2) is 95.9 Å². The molecule has 184 valence electrons. The Morgan fingerprint density at radius 3 is 2.51 bits per heavy atom. The Balaban J connectivity index is 1.25. The number of halogens is 1. The third-order valence-corrected chi connectivity index (χ3v) is 6.95. The van der Waals surface area contributed by atoms with E-state index >= 15 is 0 Å². The molecule has 1 heterocycles. The highest BCUT2D eigenvalue weighted by molar-refractivity contribution is 8.18. The third-order valence-electron chi connectivity index (χ3n) is 5.75. The Kier molecular flexibility index (Phi) is 7.25. The maximum absolute atomic E-state index is 13.1. The van der Waals surface area contributed by atoms with E-state index in [1.807, 2.05) is 60.7 Å². The summed E-state index contributed by atoms with van der Waals surface area (Å²) in [6, 6.07) is 27.8. The van der Waals surface area contributed by atoms with Crippen molar-refractivity contribution >= 4 is 63.0 Å². The van der Waals surface area contributed by atoms with Crippen LogP contribution in [0.4, 0.5) is 10.5 Å². The first-order chi connectivity index (χ1) is 18.0. The lowest BCUT2D eigenvalue weighted by Gasteiger charge is -2.14. The van der Waals surface area contributed by atoms with Gasteiger partial charge in [0.2, 0.25) is 0 Å². The number of benzene rings is 4. The Labute approximate surface area is 222 Å². The van der Waals surface area contributed by atoms with Gasteiger partial charge in [0.1, 0.15) is 5.75 Å². The molecule has 0 spiro atoms. The zero-order valence-electron chi connectivity index (χ0n) is 19.5. The first kappa shape index (κ1) is 24.6. The lowest BCUT2D eigenvalue weighted by molar-refractivity contribution is -0.123. The molecule has 0 aromatic heterocycles. The number of carbonyl (C=O) groups is 3. The van der Waals surface area contributed by atoms with Crippen LogP contribution in [0.25, 0.3) is 16.8 Å². The fourth-order valence-corrected chi connectivity index (χ4v) is 5.06. The van der Waals surface area contributed by atoms with Gasteiger partial charge in [-0.2, -0.15) is 0 Å². The van der Waals surface area contributed by atoms with Gasteiger partial charge in [-0.15, -0.1) is 0 Å². The smallest absolute Gasteiger partial charge is 0.293 e. The molecule has 0 bridgehead atoms. The standard InChI is InChI=1S/C29H21ClN2O4S/c30-24-15-19(13-14-25(24)36-18-27(33)31-22-10-2-1-3-11-22)16-26-28(34)32(29(35)37-26)17-21-9-6-8-20-7-4-5-12-23(20)21/h1-16H,17-18H2,(H,31,33)/b26-16-. The molecule has 8 heteroatoms. The highest BCUT2D eigenvalue weighted by Crippen LogP contribution is 2.35. The Morgan fingerprint density at radius 1 is 0.946 bits per heavy atom. The van der Waals surface area contributed by atoms with Gasteiger partial charge in [-0.3, -0.25) is 19.3 Å². The number of hydrogen-bond donors (Lipinski definition) is 1. The second-order valence-electron chi connectivity index (χ2n) is 8.30. The lowest BCUT2D eigenvalue weighted by atomic mass is 10.0. The number of fused-ring (bicyclic) bond motifs is 1. The number of amides is 3. The maximum atomic E-state index is 13.1. The van der Waals surface area contributed by atoms with E-state index in [0.29, 0.717) is 21.9 Å². The number of hydrogen-bond acceptors (Lipinski definition) is 5. The van der Waals surface area contributed by atoms with Crippen LogP contribution in [-0.4, -0.2) is 28.6 Å². The molecule has 0 atom stereocenters. The first-order valence-electron chi connectivity index (χ1n) is 11.5. The molecule has 1 aliphatic rings. The quantitative estimate of drug-likeness (QED) is 0.269. The van der Waals surface area contributed by atoms with Gasteiger partial charge in [-0.1, -0.05) is 78.3 Å². The minimum atomic E-state index is -0.350. The number of imide groups is 1. The lowest BCUT2D eigenvalue weighted by Crippen LogP contribution is -2.27. The minimum Gasteiger partial charge on any atom is -0.482 e. The molecule has 37 heavy (non-hydrogen) atoms. The Morgan fingerprint density at radius 2 is 1.70 bits per heavy atom. The summed E-state index contributed by atoms with van der Waals surface area (Å²) in [5.41, 5.74) is 2.22. The largest absolute Gasteiger partial charge is 0.482 e. The van der Waals surface area contributed by atoms with Crippen LogP contribution in [0, 0.1) is 0 Å². The van der Waals surface area contributed by atoms with E-state index in [1.54, 1.807) is 36.4 Å². The van der Waals surface area contributed by atoms with E-state index < -0.39 is 0 Å². The summed E-state index contributed by atoms with van der Waals surface area (Å²) >= 11 is 7.26. The summed E-state index contributed by atoms with van der Waals surface area (Å²) in [7, 11) is 0. The van der Waals surface area contributed by atoms with E-state index in [4.69, 9.17) is 16.3 Å². The van der Waals surface area contributed by atoms with Crippen molar-refractivity contribution in [3.05, 3.63) is 112 Å². The predicted octanol–water partition coefficient (Wildman–Crippen LogP) is 6.75. The van der Waals surface area contributed by atoms with E-state index in [-0.39, 0.29) is 35.2 Å². The van der Waals surface area contributed by atoms with E-state index in [0.717, 1.165) is 28.1 Å². The second-order valence-corrected chi connectivity index (χ2v) is 9.70. The Bertz CT molecular complexity index is 1530. The van der Waals surface area contributed by atoms with Gasteiger partial charge < -0.3 is 10.1 Å². The van der Waals surface area contributed by atoms with Crippen molar-refractivity contribution in [2.24, 2.45) is 0 Å². The number of para-hydroxylation sites is 1. The number of carbonyl (C=O) groups excluding carboxylic acids is 3. The van der Waals surface area contributed by atoms with Crippen LogP contribution in [0.5, 0.6) is 5.75 Å². The van der Waals surface area contributed by atoms with Crippen molar-refractivity contribution in [2.45, 2.75) is 6.54 Å². The molecular formula is C29H21ClN2O4S. The molecule has 4 aromatic carbocycles. The van der Waals surface area contributed by atoms with Gasteiger partial charge in [-0.25, -0.2) is 0 Å². The molecule has 1 aliphatic heterocycles. The fraction of sp³-hybridized carbons (Fsp3) is 0.0690. The molecule has 4 aromatic rings. The van der Waals surface area contributed by atoms with E-state index in [1.165, 1.54) is 4.90 Å². The second kappa shape index (κ2) is 10.9. The summed E-state index contributed by atoms with van der Waals surface area (Å²) in [6.07, 6.45) is 1.63. The van der Waals surface area contributed by atoms with Crippen LogP contribution >= 0.6 is 23.4 Å². The number of thioether (sulfide) groups is 1. The van der Waals surface area contributed by atoms with Crippen molar-refractivity contribution in [1.82, 2.24) is 4.90 Å².